The number of hydrogen-bond donors (Lipinski definition) is 0. The van der Waals surface area contributed by atoms with Crippen molar-refractivity contribution in [1.82, 2.24) is 0 Å². The Morgan fingerprint density at radius 1 is 0.690 bits per heavy atom. The number of unbranched alkanes of at least 4 members (excludes halogenated alkanes) is 1. The van der Waals surface area contributed by atoms with E-state index in [1.54, 1.807) is 5.56 Å². The zero-order chi connectivity index (χ0) is 20.1. The monoisotopic (exact) mass is 388 g/mol. The van der Waals surface area contributed by atoms with Crippen molar-refractivity contribution in [2.75, 3.05) is 0 Å². The molecular formula is C29H40. The zero-order valence-electron chi connectivity index (χ0n) is 18.7. The molecule has 0 amide bonds. The molecule has 0 heterocycles. The molecule has 0 heteroatoms. The van der Waals surface area contributed by atoms with E-state index in [-0.39, 0.29) is 0 Å². The van der Waals surface area contributed by atoms with Gasteiger partial charge in [0.05, 0.1) is 0 Å². The largest absolute Gasteiger partial charge is 0.0654 e. The summed E-state index contributed by atoms with van der Waals surface area (Å²) in [5.41, 5.74) is 5.75. The summed E-state index contributed by atoms with van der Waals surface area (Å²) in [5.74, 6) is 3.86. The van der Waals surface area contributed by atoms with Crippen LogP contribution in [-0.4, -0.2) is 0 Å². The van der Waals surface area contributed by atoms with Crippen molar-refractivity contribution < 1.29 is 0 Å². The van der Waals surface area contributed by atoms with Crippen LogP contribution in [0.2, 0.25) is 0 Å². The molecule has 2 aromatic carbocycles. The van der Waals surface area contributed by atoms with Gasteiger partial charge in [0.2, 0.25) is 0 Å². The van der Waals surface area contributed by atoms with Crippen LogP contribution < -0.4 is 0 Å². The molecule has 2 aliphatic carbocycles. The normalized spacial score (nSPS) is 26.8. The van der Waals surface area contributed by atoms with Gasteiger partial charge < -0.3 is 0 Å². The lowest BCUT2D eigenvalue weighted by atomic mass is 9.63. The summed E-state index contributed by atoms with van der Waals surface area (Å²) in [5, 5.41) is 0. The van der Waals surface area contributed by atoms with Crippen molar-refractivity contribution in [2.45, 2.75) is 90.4 Å². The molecule has 0 aliphatic heterocycles. The number of benzene rings is 2. The first-order valence-corrected chi connectivity index (χ1v) is 12.5. The minimum absolute atomic E-state index is 0.796. The van der Waals surface area contributed by atoms with Crippen molar-refractivity contribution in [1.29, 1.82) is 0 Å². The maximum atomic E-state index is 2.42. The van der Waals surface area contributed by atoms with Crippen molar-refractivity contribution in [2.24, 2.45) is 17.8 Å². The Morgan fingerprint density at radius 3 is 2.03 bits per heavy atom. The molecule has 4 rings (SSSR count). The van der Waals surface area contributed by atoms with E-state index in [2.05, 4.69) is 62.4 Å². The lowest BCUT2D eigenvalue weighted by molar-refractivity contribution is 0.113. The molecule has 156 valence electrons. The van der Waals surface area contributed by atoms with Crippen LogP contribution in [0.15, 0.2) is 48.5 Å². The van der Waals surface area contributed by atoms with Crippen LogP contribution >= 0.6 is 0 Å². The van der Waals surface area contributed by atoms with Crippen LogP contribution in [0.3, 0.4) is 0 Å². The molecule has 4 atom stereocenters. The highest BCUT2D eigenvalue weighted by Crippen LogP contribution is 2.48. The molecule has 2 fully saturated rings. The Labute approximate surface area is 179 Å². The lowest BCUT2D eigenvalue weighted by Gasteiger charge is -2.42. The standard InChI is InChI=1S/C29H40/c1-3-5-7-23-10-13-29-21-28(19-18-27(29)20-23)26-16-14-25(15-17-26)24-11-8-22(6-4-2)9-12-24/h8-9,11-12,14-17,23,27-29H,3-7,10,13,18-21H2,1-2H3/t23?,27-,28-,29-/m1/s1. The minimum atomic E-state index is 0.796. The molecule has 1 unspecified atom stereocenters. The van der Waals surface area contributed by atoms with Gasteiger partial charge in [-0.2, -0.15) is 0 Å². The van der Waals surface area contributed by atoms with Gasteiger partial charge in [-0.15, -0.1) is 0 Å². The molecule has 0 saturated heterocycles. The SMILES string of the molecule is CCCCC1CC[C@@H]2C[C@H](c3ccc(-c4ccc(CCC)cc4)cc3)CC[C@@H]2C1. The van der Waals surface area contributed by atoms with Gasteiger partial charge in [-0.25, -0.2) is 0 Å². The van der Waals surface area contributed by atoms with Crippen LogP contribution in [0, 0.1) is 17.8 Å². The summed E-state index contributed by atoms with van der Waals surface area (Å²) in [6.07, 6.45) is 15.6. The van der Waals surface area contributed by atoms with E-state index < -0.39 is 0 Å². The summed E-state index contributed by atoms with van der Waals surface area (Å²) < 4.78 is 0. The second-order valence-electron chi connectivity index (χ2n) is 9.92. The van der Waals surface area contributed by atoms with E-state index in [9.17, 15) is 0 Å². The molecule has 0 aromatic heterocycles. The number of fused-ring (bicyclic) bond motifs is 1. The average Bonchev–Trinajstić information content (AvgIpc) is 2.78. The second kappa shape index (κ2) is 9.96. The van der Waals surface area contributed by atoms with E-state index in [0.29, 0.717) is 0 Å². The summed E-state index contributed by atoms with van der Waals surface area (Å²) in [6, 6.07) is 18.7. The highest BCUT2D eigenvalue weighted by molar-refractivity contribution is 5.64. The Kier molecular flexibility index (Phi) is 7.11. The van der Waals surface area contributed by atoms with Gasteiger partial charge in [-0.05, 0) is 84.5 Å². The van der Waals surface area contributed by atoms with Gasteiger partial charge in [0.1, 0.15) is 0 Å². The molecule has 2 aromatic rings. The fourth-order valence-electron chi connectivity index (χ4n) is 6.14. The Bertz CT molecular complexity index is 739. The van der Waals surface area contributed by atoms with Crippen molar-refractivity contribution in [3.8, 4) is 11.1 Å². The molecule has 0 radical (unpaired) electrons. The topological polar surface area (TPSA) is 0 Å². The van der Waals surface area contributed by atoms with E-state index in [1.165, 1.54) is 87.3 Å². The van der Waals surface area contributed by atoms with Gasteiger partial charge in [-0.3, -0.25) is 0 Å². The summed E-state index contributed by atoms with van der Waals surface area (Å²) in [4.78, 5) is 0. The molecule has 0 nitrogen and oxygen atoms in total. The first-order chi connectivity index (χ1) is 14.3. The predicted octanol–water partition coefficient (Wildman–Crippen LogP) is 8.80. The summed E-state index contributed by atoms with van der Waals surface area (Å²) in [6.45, 7) is 4.59. The van der Waals surface area contributed by atoms with Gasteiger partial charge in [0, 0.05) is 0 Å². The van der Waals surface area contributed by atoms with Crippen LogP contribution in [0.25, 0.3) is 11.1 Å². The van der Waals surface area contributed by atoms with E-state index in [4.69, 9.17) is 0 Å². The third-order valence-electron chi connectivity index (χ3n) is 7.90. The van der Waals surface area contributed by atoms with E-state index in [1.807, 2.05) is 0 Å². The molecule has 0 bridgehead atoms. The molecule has 2 aliphatic rings. The quantitative estimate of drug-likeness (QED) is 0.444. The molecule has 2 saturated carbocycles. The molecule has 0 spiro atoms. The predicted molar refractivity (Wildman–Crippen MR) is 126 cm³/mol. The van der Waals surface area contributed by atoms with Crippen LogP contribution in [0.4, 0.5) is 0 Å². The van der Waals surface area contributed by atoms with E-state index in [0.717, 1.165) is 23.7 Å². The highest BCUT2D eigenvalue weighted by atomic mass is 14.4. The third kappa shape index (κ3) is 5.14. The van der Waals surface area contributed by atoms with Crippen molar-refractivity contribution in [3.63, 3.8) is 0 Å². The Balaban J connectivity index is 1.35. The third-order valence-corrected chi connectivity index (χ3v) is 7.90. The highest BCUT2D eigenvalue weighted by Gasteiger charge is 2.35. The second-order valence-corrected chi connectivity index (χ2v) is 9.92. The minimum Gasteiger partial charge on any atom is -0.0654 e. The maximum absolute atomic E-state index is 2.42. The molecule has 29 heavy (non-hydrogen) atoms. The maximum Gasteiger partial charge on any atom is -0.0159 e. The summed E-state index contributed by atoms with van der Waals surface area (Å²) >= 11 is 0. The van der Waals surface area contributed by atoms with Crippen LogP contribution in [0.5, 0.6) is 0 Å². The zero-order valence-corrected chi connectivity index (χ0v) is 18.7. The first kappa shape index (κ1) is 20.7. The van der Waals surface area contributed by atoms with Crippen molar-refractivity contribution >= 4 is 0 Å². The molecule has 0 N–H and O–H groups in total. The molecular weight excluding hydrogens is 348 g/mol. The average molecular weight is 389 g/mol. The number of hydrogen-bond acceptors (Lipinski definition) is 0. The Morgan fingerprint density at radius 2 is 1.34 bits per heavy atom. The van der Waals surface area contributed by atoms with Crippen LogP contribution in [0.1, 0.15) is 95.1 Å². The smallest absolute Gasteiger partial charge is 0.0159 e. The van der Waals surface area contributed by atoms with Gasteiger partial charge in [-0.1, -0.05) is 94.5 Å². The Hall–Kier alpha value is -1.56. The van der Waals surface area contributed by atoms with Crippen molar-refractivity contribution in [3.05, 3.63) is 59.7 Å². The number of aryl methyl sites for hydroxylation is 1. The van der Waals surface area contributed by atoms with Crippen LogP contribution in [-0.2, 0) is 6.42 Å². The summed E-state index contributed by atoms with van der Waals surface area (Å²) in [7, 11) is 0. The van der Waals surface area contributed by atoms with Gasteiger partial charge in [0.25, 0.3) is 0 Å². The van der Waals surface area contributed by atoms with E-state index >= 15 is 0 Å². The lowest BCUT2D eigenvalue weighted by Crippen LogP contribution is -2.30. The first-order valence-electron chi connectivity index (χ1n) is 12.5. The van der Waals surface area contributed by atoms with Gasteiger partial charge in [0.15, 0.2) is 0 Å². The number of rotatable bonds is 7. The fraction of sp³-hybridized carbons (Fsp3) is 0.586. The van der Waals surface area contributed by atoms with Gasteiger partial charge >= 0.3 is 0 Å². The fourth-order valence-corrected chi connectivity index (χ4v) is 6.14.